The quantitative estimate of drug-likeness (QED) is 0.523. The molecule has 2 aliphatic rings. The maximum atomic E-state index is 12.4. The van der Waals surface area contributed by atoms with E-state index >= 15 is 0 Å². The van der Waals surface area contributed by atoms with Crippen LogP contribution < -0.4 is 0 Å². The highest BCUT2D eigenvalue weighted by atomic mass is 16.5. The molecule has 7 atom stereocenters. The van der Waals surface area contributed by atoms with E-state index in [1.807, 2.05) is 13.8 Å². The first kappa shape index (κ1) is 24.6. The van der Waals surface area contributed by atoms with Crippen LogP contribution >= 0.6 is 0 Å². The lowest BCUT2D eigenvalue weighted by Crippen LogP contribution is -2.40. The average molecular weight is 423 g/mol. The Balaban J connectivity index is 2.01. The monoisotopic (exact) mass is 422 g/mol. The Morgan fingerprint density at radius 2 is 2.00 bits per heavy atom. The SMILES string of the molecule is CC[C@H](C)C(=O)O[C@H]1CCC=C2C=C[C@@H](C)[C@@H](CC[C@H](O)C[C@H](O)CC(=O)OC)[C@@H]21. The summed E-state index contributed by atoms with van der Waals surface area (Å²) in [5.41, 5.74) is 1.23. The molecule has 170 valence electrons. The predicted octanol–water partition coefficient (Wildman–Crippen LogP) is 3.56. The number of allylic oxidation sites excluding steroid dienone is 3. The standard InChI is InChI=1S/C24H38O6/c1-5-15(2)24(28)30-21-8-6-7-17-10-9-16(3)20(23(17)21)12-11-18(25)13-19(26)14-22(27)29-4/h7,9-10,15-16,18-21,23,25-26H,5-6,8,11-14H2,1-4H3/t15-,16+,18-,19-,20+,21-,23+/m0/s1. The van der Waals surface area contributed by atoms with Gasteiger partial charge in [-0.25, -0.2) is 0 Å². The van der Waals surface area contributed by atoms with E-state index in [4.69, 9.17) is 4.74 Å². The third-order valence-electron chi connectivity index (χ3n) is 6.64. The number of carbonyl (C=O) groups excluding carboxylic acids is 2. The van der Waals surface area contributed by atoms with Gasteiger partial charge >= 0.3 is 11.9 Å². The van der Waals surface area contributed by atoms with Crippen LogP contribution in [0.2, 0.25) is 0 Å². The molecule has 2 rings (SSSR count). The van der Waals surface area contributed by atoms with E-state index in [1.54, 1.807) is 0 Å². The lowest BCUT2D eigenvalue weighted by Gasteiger charge is -2.42. The van der Waals surface area contributed by atoms with Crippen molar-refractivity contribution in [3.05, 3.63) is 23.8 Å². The van der Waals surface area contributed by atoms with Gasteiger partial charge in [-0.1, -0.05) is 39.0 Å². The van der Waals surface area contributed by atoms with Crippen molar-refractivity contribution in [3.63, 3.8) is 0 Å². The summed E-state index contributed by atoms with van der Waals surface area (Å²) in [4.78, 5) is 23.7. The minimum Gasteiger partial charge on any atom is -0.469 e. The van der Waals surface area contributed by atoms with Crippen molar-refractivity contribution < 1.29 is 29.3 Å². The Morgan fingerprint density at radius 1 is 1.27 bits per heavy atom. The molecule has 30 heavy (non-hydrogen) atoms. The lowest BCUT2D eigenvalue weighted by molar-refractivity contribution is -0.158. The van der Waals surface area contributed by atoms with Crippen LogP contribution in [0.1, 0.15) is 65.7 Å². The van der Waals surface area contributed by atoms with Crippen molar-refractivity contribution in [2.24, 2.45) is 23.7 Å². The van der Waals surface area contributed by atoms with Gasteiger partial charge in [0, 0.05) is 5.92 Å². The van der Waals surface area contributed by atoms with E-state index in [2.05, 4.69) is 29.9 Å². The minimum absolute atomic E-state index is 0.104. The molecule has 6 nitrogen and oxygen atoms in total. The van der Waals surface area contributed by atoms with Crippen molar-refractivity contribution in [2.45, 2.75) is 84.0 Å². The van der Waals surface area contributed by atoms with E-state index in [0.29, 0.717) is 12.3 Å². The topological polar surface area (TPSA) is 93.1 Å². The second-order valence-electron chi connectivity index (χ2n) is 8.87. The third kappa shape index (κ3) is 6.67. The van der Waals surface area contributed by atoms with Crippen molar-refractivity contribution in [1.29, 1.82) is 0 Å². The highest BCUT2D eigenvalue weighted by Crippen LogP contribution is 2.44. The summed E-state index contributed by atoms with van der Waals surface area (Å²) >= 11 is 0. The van der Waals surface area contributed by atoms with E-state index in [1.165, 1.54) is 12.7 Å². The molecular weight excluding hydrogens is 384 g/mol. The molecule has 2 aliphatic carbocycles. The molecule has 6 heteroatoms. The van der Waals surface area contributed by atoms with Gasteiger partial charge in [-0.15, -0.1) is 0 Å². The Hall–Kier alpha value is -1.66. The number of fused-ring (bicyclic) bond motifs is 1. The van der Waals surface area contributed by atoms with Gasteiger partial charge < -0.3 is 19.7 Å². The number of hydrogen-bond donors (Lipinski definition) is 2. The van der Waals surface area contributed by atoms with Crippen LogP contribution in [0.4, 0.5) is 0 Å². The first-order chi connectivity index (χ1) is 14.3. The molecule has 0 aromatic carbocycles. The summed E-state index contributed by atoms with van der Waals surface area (Å²) in [7, 11) is 1.28. The third-order valence-corrected chi connectivity index (χ3v) is 6.64. The first-order valence-electron chi connectivity index (χ1n) is 11.3. The largest absolute Gasteiger partial charge is 0.469 e. The fourth-order valence-corrected chi connectivity index (χ4v) is 4.56. The number of methoxy groups -OCH3 is 1. The summed E-state index contributed by atoms with van der Waals surface area (Å²) in [6.07, 6.45) is 8.67. The Labute approximate surface area is 180 Å². The summed E-state index contributed by atoms with van der Waals surface area (Å²) in [5, 5.41) is 20.4. The van der Waals surface area contributed by atoms with Gasteiger partial charge in [-0.3, -0.25) is 9.59 Å². The second-order valence-corrected chi connectivity index (χ2v) is 8.87. The summed E-state index contributed by atoms with van der Waals surface area (Å²) in [6.45, 7) is 6.06. The van der Waals surface area contributed by atoms with Gasteiger partial charge in [0.1, 0.15) is 6.10 Å². The molecule has 0 fully saturated rings. The van der Waals surface area contributed by atoms with Crippen molar-refractivity contribution >= 4 is 11.9 Å². The number of rotatable bonds is 10. The smallest absolute Gasteiger partial charge is 0.308 e. The van der Waals surface area contributed by atoms with Gasteiger partial charge in [0.25, 0.3) is 0 Å². The van der Waals surface area contributed by atoms with Gasteiger partial charge in [0.2, 0.25) is 0 Å². The van der Waals surface area contributed by atoms with Crippen LogP contribution in [-0.4, -0.2) is 47.6 Å². The average Bonchev–Trinajstić information content (AvgIpc) is 2.72. The molecule has 2 N–H and O–H groups in total. The van der Waals surface area contributed by atoms with Crippen LogP contribution in [0.15, 0.2) is 23.8 Å². The number of aliphatic hydroxyl groups excluding tert-OH is 2. The van der Waals surface area contributed by atoms with Gasteiger partial charge in [0.05, 0.1) is 31.7 Å². The Kier molecular flexibility index (Phi) is 9.56. The number of ether oxygens (including phenoxy) is 2. The predicted molar refractivity (Wildman–Crippen MR) is 114 cm³/mol. The fraction of sp³-hybridized carbons (Fsp3) is 0.750. The Bertz CT molecular complexity index is 640. The fourth-order valence-electron chi connectivity index (χ4n) is 4.56. The van der Waals surface area contributed by atoms with Gasteiger partial charge in [-0.05, 0) is 55.9 Å². The molecule has 0 unspecified atom stereocenters. The maximum absolute atomic E-state index is 12.4. The molecule has 0 aromatic heterocycles. The molecule has 0 heterocycles. The number of aliphatic hydroxyl groups is 2. The summed E-state index contributed by atoms with van der Waals surface area (Å²) in [5.74, 6) is -0.0169. The van der Waals surface area contributed by atoms with E-state index in [-0.39, 0.29) is 42.7 Å². The van der Waals surface area contributed by atoms with E-state index in [9.17, 15) is 19.8 Å². The normalized spacial score (nSPS) is 28.7. The zero-order chi connectivity index (χ0) is 22.3. The molecule has 0 saturated heterocycles. The highest BCUT2D eigenvalue weighted by molar-refractivity contribution is 5.72. The Morgan fingerprint density at radius 3 is 2.67 bits per heavy atom. The molecule has 0 aliphatic heterocycles. The molecule has 0 radical (unpaired) electrons. The van der Waals surface area contributed by atoms with Gasteiger partial charge in [-0.2, -0.15) is 0 Å². The first-order valence-corrected chi connectivity index (χ1v) is 11.3. The summed E-state index contributed by atoms with van der Waals surface area (Å²) < 4.78 is 10.5. The van der Waals surface area contributed by atoms with E-state index < -0.39 is 18.2 Å². The summed E-state index contributed by atoms with van der Waals surface area (Å²) in [6, 6.07) is 0. The number of carbonyl (C=O) groups is 2. The molecule has 0 aromatic rings. The zero-order valence-corrected chi connectivity index (χ0v) is 18.8. The highest BCUT2D eigenvalue weighted by Gasteiger charge is 2.40. The molecule has 0 saturated carbocycles. The van der Waals surface area contributed by atoms with Crippen molar-refractivity contribution in [2.75, 3.05) is 7.11 Å². The molecular formula is C24H38O6. The van der Waals surface area contributed by atoms with Crippen LogP contribution in [-0.2, 0) is 19.1 Å². The van der Waals surface area contributed by atoms with Crippen LogP contribution in [0.5, 0.6) is 0 Å². The lowest BCUT2D eigenvalue weighted by atomic mass is 9.66. The van der Waals surface area contributed by atoms with Crippen molar-refractivity contribution in [3.8, 4) is 0 Å². The van der Waals surface area contributed by atoms with E-state index in [0.717, 1.165) is 25.7 Å². The van der Waals surface area contributed by atoms with Crippen LogP contribution in [0.3, 0.4) is 0 Å². The van der Waals surface area contributed by atoms with Crippen LogP contribution in [0.25, 0.3) is 0 Å². The molecule has 0 spiro atoms. The number of hydrogen-bond acceptors (Lipinski definition) is 6. The minimum atomic E-state index is -0.912. The van der Waals surface area contributed by atoms with Crippen molar-refractivity contribution in [1.82, 2.24) is 0 Å². The zero-order valence-electron chi connectivity index (χ0n) is 18.8. The molecule has 0 bridgehead atoms. The number of esters is 2. The molecule has 0 amide bonds. The van der Waals surface area contributed by atoms with Gasteiger partial charge in [0.15, 0.2) is 0 Å². The maximum Gasteiger partial charge on any atom is 0.308 e. The van der Waals surface area contributed by atoms with Crippen LogP contribution in [0, 0.1) is 23.7 Å². The second kappa shape index (κ2) is 11.7.